The standard InChI is InChI=1S/C13H13N3O2/c17-13(18)12(6-10-4-2-1-3-5-10)15-8-11-7-14-9-16-11/h1-5,7-9,12H,6H2,(H,14,16)(H,17,18)/p-1/t12-/m1/s1. The molecule has 0 aliphatic carbocycles. The van der Waals surface area contributed by atoms with Gasteiger partial charge in [0.05, 0.1) is 30.2 Å². The summed E-state index contributed by atoms with van der Waals surface area (Å²) in [5.74, 6) is -1.19. The number of hydrogen-bond acceptors (Lipinski definition) is 4. The molecule has 0 fully saturated rings. The van der Waals surface area contributed by atoms with Gasteiger partial charge in [-0.2, -0.15) is 0 Å². The van der Waals surface area contributed by atoms with Crippen molar-refractivity contribution >= 4 is 12.2 Å². The highest BCUT2D eigenvalue weighted by Crippen LogP contribution is 2.05. The van der Waals surface area contributed by atoms with E-state index in [-0.39, 0.29) is 0 Å². The van der Waals surface area contributed by atoms with Gasteiger partial charge in [-0.3, -0.25) is 4.99 Å². The van der Waals surface area contributed by atoms with E-state index in [4.69, 9.17) is 0 Å². The molecule has 0 aliphatic rings. The van der Waals surface area contributed by atoms with Crippen LogP contribution in [-0.2, 0) is 11.2 Å². The van der Waals surface area contributed by atoms with Gasteiger partial charge in [0.15, 0.2) is 0 Å². The minimum atomic E-state index is -1.19. The van der Waals surface area contributed by atoms with Crippen molar-refractivity contribution < 1.29 is 9.90 Å². The topological polar surface area (TPSA) is 81.2 Å². The number of imidazole rings is 1. The molecule has 1 atom stereocenters. The fourth-order valence-electron chi connectivity index (χ4n) is 1.54. The number of aromatic nitrogens is 2. The number of aromatic amines is 1. The largest absolute Gasteiger partial charge is 0.548 e. The zero-order valence-corrected chi connectivity index (χ0v) is 9.61. The number of carboxylic acid groups (broad SMARTS) is 1. The predicted molar refractivity (Wildman–Crippen MR) is 65.1 cm³/mol. The third-order valence-corrected chi connectivity index (χ3v) is 2.46. The summed E-state index contributed by atoms with van der Waals surface area (Å²) in [7, 11) is 0. The van der Waals surface area contributed by atoms with E-state index in [9.17, 15) is 9.90 Å². The van der Waals surface area contributed by atoms with Crippen LogP contribution in [0.3, 0.4) is 0 Å². The number of aliphatic imine (C=N–C) groups is 1. The normalized spacial score (nSPS) is 12.7. The molecule has 2 rings (SSSR count). The summed E-state index contributed by atoms with van der Waals surface area (Å²) in [4.78, 5) is 21.7. The number of benzene rings is 1. The summed E-state index contributed by atoms with van der Waals surface area (Å²) >= 11 is 0. The number of nitrogens with zero attached hydrogens (tertiary/aromatic N) is 2. The fraction of sp³-hybridized carbons (Fsp3) is 0.154. The van der Waals surface area contributed by atoms with E-state index in [2.05, 4.69) is 15.0 Å². The quantitative estimate of drug-likeness (QED) is 0.760. The van der Waals surface area contributed by atoms with Crippen molar-refractivity contribution in [2.45, 2.75) is 12.5 Å². The number of aliphatic carboxylic acids is 1. The van der Waals surface area contributed by atoms with Crippen LogP contribution >= 0.6 is 0 Å². The van der Waals surface area contributed by atoms with Crippen molar-refractivity contribution in [3.05, 3.63) is 54.1 Å². The number of carbonyl (C=O) groups is 1. The van der Waals surface area contributed by atoms with Crippen molar-refractivity contribution in [2.75, 3.05) is 0 Å². The van der Waals surface area contributed by atoms with E-state index in [0.717, 1.165) is 5.56 Å². The van der Waals surface area contributed by atoms with Gasteiger partial charge in [0, 0.05) is 12.6 Å². The molecule has 1 heterocycles. The average Bonchev–Trinajstić information content (AvgIpc) is 2.88. The first kappa shape index (κ1) is 12.0. The zero-order chi connectivity index (χ0) is 12.8. The van der Waals surface area contributed by atoms with Crippen LogP contribution < -0.4 is 5.11 Å². The van der Waals surface area contributed by atoms with Crippen LogP contribution in [0.4, 0.5) is 0 Å². The molecule has 1 aromatic heterocycles. The van der Waals surface area contributed by atoms with Crippen molar-refractivity contribution in [2.24, 2.45) is 4.99 Å². The molecule has 1 N–H and O–H groups in total. The maximum Gasteiger partial charge on any atom is 0.0934 e. The Bertz CT molecular complexity index is 520. The fourth-order valence-corrected chi connectivity index (χ4v) is 1.54. The van der Waals surface area contributed by atoms with Crippen LogP contribution in [0.15, 0.2) is 47.8 Å². The molecule has 0 saturated heterocycles. The lowest BCUT2D eigenvalue weighted by Gasteiger charge is -2.13. The van der Waals surface area contributed by atoms with E-state index in [1.807, 2.05) is 30.3 Å². The molecular formula is C13H12N3O2-. The van der Waals surface area contributed by atoms with Gasteiger partial charge in [-0.15, -0.1) is 0 Å². The highest BCUT2D eigenvalue weighted by Gasteiger charge is 2.08. The van der Waals surface area contributed by atoms with Crippen LogP contribution in [0.25, 0.3) is 0 Å². The molecule has 0 radical (unpaired) electrons. The maximum atomic E-state index is 11.0. The molecule has 5 heteroatoms. The van der Waals surface area contributed by atoms with Gasteiger partial charge in [0.2, 0.25) is 0 Å². The van der Waals surface area contributed by atoms with Crippen LogP contribution in [0.1, 0.15) is 11.3 Å². The Morgan fingerprint density at radius 1 is 1.44 bits per heavy atom. The summed E-state index contributed by atoms with van der Waals surface area (Å²) in [5.41, 5.74) is 1.57. The Balaban J connectivity index is 2.07. The molecule has 92 valence electrons. The minimum absolute atomic E-state index is 0.313. The van der Waals surface area contributed by atoms with Crippen molar-refractivity contribution in [3.8, 4) is 0 Å². The van der Waals surface area contributed by atoms with E-state index in [1.165, 1.54) is 12.5 Å². The SMILES string of the molecule is O=C([O-])[C@@H](Cc1ccccc1)N=Cc1cnc[nH]1. The number of rotatable bonds is 5. The van der Waals surface area contributed by atoms with Gasteiger partial charge >= 0.3 is 0 Å². The molecule has 0 amide bonds. The summed E-state index contributed by atoms with van der Waals surface area (Å²) in [6.45, 7) is 0. The van der Waals surface area contributed by atoms with Crippen molar-refractivity contribution in [1.29, 1.82) is 0 Å². The Morgan fingerprint density at radius 3 is 2.83 bits per heavy atom. The van der Waals surface area contributed by atoms with E-state index in [1.54, 1.807) is 6.20 Å². The molecule has 0 aliphatic heterocycles. The highest BCUT2D eigenvalue weighted by molar-refractivity contribution is 5.80. The monoisotopic (exact) mass is 242 g/mol. The summed E-state index contributed by atoms with van der Waals surface area (Å²) in [6.07, 6.45) is 4.84. The highest BCUT2D eigenvalue weighted by atomic mass is 16.4. The minimum Gasteiger partial charge on any atom is -0.548 e. The van der Waals surface area contributed by atoms with E-state index >= 15 is 0 Å². The first-order valence-electron chi connectivity index (χ1n) is 5.52. The number of hydrogen-bond donors (Lipinski definition) is 1. The van der Waals surface area contributed by atoms with E-state index < -0.39 is 12.0 Å². The maximum absolute atomic E-state index is 11.0. The van der Waals surface area contributed by atoms with Crippen LogP contribution in [0.2, 0.25) is 0 Å². The molecule has 0 bridgehead atoms. The number of nitrogens with one attached hydrogen (secondary N) is 1. The second kappa shape index (κ2) is 5.77. The van der Waals surface area contributed by atoms with Gasteiger partial charge in [-0.05, 0) is 5.56 Å². The first-order chi connectivity index (χ1) is 8.75. The molecule has 0 saturated carbocycles. The average molecular weight is 242 g/mol. The Morgan fingerprint density at radius 2 is 2.22 bits per heavy atom. The number of H-pyrrole nitrogens is 1. The molecule has 1 aromatic carbocycles. The molecule has 0 unspecified atom stereocenters. The third-order valence-electron chi connectivity index (χ3n) is 2.46. The third kappa shape index (κ3) is 3.28. The zero-order valence-electron chi connectivity index (χ0n) is 9.61. The van der Waals surface area contributed by atoms with Crippen LogP contribution in [-0.4, -0.2) is 28.2 Å². The molecular weight excluding hydrogens is 230 g/mol. The lowest BCUT2D eigenvalue weighted by Crippen LogP contribution is -2.36. The second-order valence-electron chi connectivity index (χ2n) is 3.81. The molecule has 18 heavy (non-hydrogen) atoms. The second-order valence-corrected chi connectivity index (χ2v) is 3.81. The number of carbonyl (C=O) groups excluding carboxylic acids is 1. The van der Waals surface area contributed by atoms with Gasteiger partial charge in [0.25, 0.3) is 0 Å². The summed E-state index contributed by atoms with van der Waals surface area (Å²) in [6, 6.07) is 8.44. The van der Waals surface area contributed by atoms with E-state index in [0.29, 0.717) is 12.1 Å². The van der Waals surface area contributed by atoms with Crippen LogP contribution in [0.5, 0.6) is 0 Å². The van der Waals surface area contributed by atoms with Gasteiger partial charge < -0.3 is 14.9 Å². The van der Waals surface area contributed by atoms with Crippen molar-refractivity contribution in [1.82, 2.24) is 9.97 Å². The molecule has 5 nitrogen and oxygen atoms in total. The first-order valence-corrected chi connectivity index (χ1v) is 5.52. The summed E-state index contributed by atoms with van der Waals surface area (Å²) < 4.78 is 0. The predicted octanol–water partition coefficient (Wildman–Crippen LogP) is 0.190. The van der Waals surface area contributed by atoms with Crippen LogP contribution in [0, 0.1) is 0 Å². The Labute approximate surface area is 104 Å². The van der Waals surface area contributed by atoms with Crippen molar-refractivity contribution in [3.63, 3.8) is 0 Å². The molecule has 2 aromatic rings. The Kier molecular flexibility index (Phi) is 3.86. The number of carboxylic acids is 1. The Hall–Kier alpha value is -2.43. The van der Waals surface area contributed by atoms with Gasteiger partial charge in [-0.25, -0.2) is 4.98 Å². The van der Waals surface area contributed by atoms with Gasteiger partial charge in [0.1, 0.15) is 0 Å². The molecule has 0 spiro atoms. The summed E-state index contributed by atoms with van der Waals surface area (Å²) in [5, 5.41) is 11.0. The lowest BCUT2D eigenvalue weighted by atomic mass is 10.1. The van der Waals surface area contributed by atoms with Gasteiger partial charge in [-0.1, -0.05) is 30.3 Å². The lowest BCUT2D eigenvalue weighted by molar-refractivity contribution is -0.307. The smallest absolute Gasteiger partial charge is 0.0934 e.